The van der Waals surface area contributed by atoms with Gasteiger partial charge in [-0.2, -0.15) is 9.78 Å². The standard InChI is InChI=1S/C21H19ClN4OS/c1-12-9-16(14(3)26(12)18-7-5-17(22)6-8-18)10-24-25-11-23-20-19(21(25)27)13(2)15(4)28-20/h5-11H,1-4H3/b24-10+. The maximum absolute atomic E-state index is 12.8. The Morgan fingerprint density at radius 3 is 2.57 bits per heavy atom. The fraction of sp³-hybridized carbons (Fsp3) is 0.190. The van der Waals surface area contributed by atoms with E-state index in [9.17, 15) is 4.79 Å². The van der Waals surface area contributed by atoms with Crippen LogP contribution in [-0.4, -0.2) is 20.4 Å². The summed E-state index contributed by atoms with van der Waals surface area (Å²) in [6.07, 6.45) is 3.19. The second-order valence-electron chi connectivity index (χ2n) is 6.74. The van der Waals surface area contributed by atoms with Crippen molar-refractivity contribution in [3.63, 3.8) is 0 Å². The Morgan fingerprint density at radius 1 is 1.14 bits per heavy atom. The van der Waals surface area contributed by atoms with E-state index in [1.165, 1.54) is 22.3 Å². The van der Waals surface area contributed by atoms with E-state index in [0.29, 0.717) is 10.4 Å². The third kappa shape index (κ3) is 3.08. The first-order valence-electron chi connectivity index (χ1n) is 8.83. The van der Waals surface area contributed by atoms with Gasteiger partial charge in [0.05, 0.1) is 11.6 Å². The number of fused-ring (bicyclic) bond motifs is 1. The Labute approximate surface area is 171 Å². The Hall–Kier alpha value is -2.70. The highest BCUT2D eigenvalue weighted by Crippen LogP contribution is 2.25. The van der Waals surface area contributed by atoms with Gasteiger partial charge in [-0.1, -0.05) is 11.6 Å². The molecule has 7 heteroatoms. The van der Waals surface area contributed by atoms with Gasteiger partial charge in [-0.15, -0.1) is 11.3 Å². The van der Waals surface area contributed by atoms with E-state index in [-0.39, 0.29) is 5.56 Å². The van der Waals surface area contributed by atoms with Crippen molar-refractivity contribution in [3.8, 4) is 5.69 Å². The van der Waals surface area contributed by atoms with E-state index in [0.717, 1.165) is 37.9 Å². The van der Waals surface area contributed by atoms with Crippen molar-refractivity contribution in [2.24, 2.45) is 5.10 Å². The van der Waals surface area contributed by atoms with Crippen molar-refractivity contribution in [2.45, 2.75) is 27.7 Å². The van der Waals surface area contributed by atoms with Crippen LogP contribution in [0.25, 0.3) is 15.9 Å². The van der Waals surface area contributed by atoms with Crippen LogP contribution in [0.5, 0.6) is 0 Å². The Balaban J connectivity index is 1.75. The summed E-state index contributed by atoms with van der Waals surface area (Å²) in [4.78, 5) is 19.0. The minimum Gasteiger partial charge on any atom is -0.318 e. The second kappa shape index (κ2) is 7.04. The lowest BCUT2D eigenvalue weighted by atomic mass is 10.2. The van der Waals surface area contributed by atoms with Gasteiger partial charge in [0.1, 0.15) is 11.2 Å². The number of hydrogen-bond donors (Lipinski definition) is 0. The number of thiophene rings is 1. The van der Waals surface area contributed by atoms with E-state index in [1.807, 2.05) is 58.0 Å². The summed E-state index contributed by atoms with van der Waals surface area (Å²) in [5.74, 6) is 0. The molecule has 0 atom stereocenters. The zero-order valence-corrected chi connectivity index (χ0v) is 17.6. The molecular weight excluding hydrogens is 392 g/mol. The lowest BCUT2D eigenvalue weighted by Gasteiger charge is -2.09. The van der Waals surface area contributed by atoms with Gasteiger partial charge in [0.25, 0.3) is 5.56 Å². The third-order valence-electron chi connectivity index (χ3n) is 4.95. The largest absolute Gasteiger partial charge is 0.318 e. The molecule has 0 fully saturated rings. The number of halogens is 1. The second-order valence-corrected chi connectivity index (χ2v) is 8.38. The summed E-state index contributed by atoms with van der Waals surface area (Å²) in [5, 5.41) is 5.74. The summed E-state index contributed by atoms with van der Waals surface area (Å²) >= 11 is 7.54. The van der Waals surface area contributed by atoms with Crippen molar-refractivity contribution < 1.29 is 0 Å². The topological polar surface area (TPSA) is 52.2 Å². The highest BCUT2D eigenvalue weighted by Gasteiger charge is 2.12. The highest BCUT2D eigenvalue weighted by atomic mass is 35.5. The quantitative estimate of drug-likeness (QED) is 0.445. The zero-order chi connectivity index (χ0) is 20.0. The lowest BCUT2D eigenvalue weighted by molar-refractivity contribution is 0.817. The maximum atomic E-state index is 12.8. The van der Waals surface area contributed by atoms with E-state index in [2.05, 4.69) is 14.7 Å². The van der Waals surface area contributed by atoms with Crippen molar-refractivity contribution in [3.05, 3.63) is 79.4 Å². The Morgan fingerprint density at radius 2 is 1.86 bits per heavy atom. The first-order chi connectivity index (χ1) is 13.4. The first-order valence-corrected chi connectivity index (χ1v) is 10.0. The van der Waals surface area contributed by atoms with Crippen LogP contribution < -0.4 is 5.56 Å². The fourth-order valence-electron chi connectivity index (χ4n) is 3.34. The van der Waals surface area contributed by atoms with Gasteiger partial charge >= 0.3 is 0 Å². The molecule has 0 spiro atoms. The van der Waals surface area contributed by atoms with Crippen LogP contribution in [-0.2, 0) is 0 Å². The van der Waals surface area contributed by atoms with Crippen molar-refractivity contribution in [1.82, 2.24) is 14.2 Å². The number of aromatic nitrogens is 3. The molecule has 28 heavy (non-hydrogen) atoms. The van der Waals surface area contributed by atoms with Crippen molar-refractivity contribution >= 4 is 39.4 Å². The van der Waals surface area contributed by atoms with Crippen molar-refractivity contribution in [2.75, 3.05) is 0 Å². The number of hydrogen-bond acceptors (Lipinski definition) is 4. The van der Waals surface area contributed by atoms with Gasteiger partial charge in [-0.05, 0) is 63.6 Å². The predicted molar refractivity (Wildman–Crippen MR) is 117 cm³/mol. The number of benzene rings is 1. The van der Waals surface area contributed by atoms with Crippen LogP contribution >= 0.6 is 22.9 Å². The van der Waals surface area contributed by atoms with Gasteiger partial charge in [0, 0.05) is 32.5 Å². The van der Waals surface area contributed by atoms with Gasteiger partial charge in [-0.25, -0.2) is 4.98 Å². The SMILES string of the molecule is Cc1sc2ncn(/N=C/c3cc(C)n(-c4ccc(Cl)cc4)c3C)c(=O)c2c1C. The number of rotatable bonds is 3. The van der Waals surface area contributed by atoms with Gasteiger partial charge < -0.3 is 4.57 Å². The number of aryl methyl sites for hydroxylation is 3. The summed E-state index contributed by atoms with van der Waals surface area (Å²) in [6, 6.07) is 9.75. The average Bonchev–Trinajstić information content (AvgIpc) is 3.11. The zero-order valence-electron chi connectivity index (χ0n) is 16.0. The van der Waals surface area contributed by atoms with Crippen LogP contribution in [0.4, 0.5) is 0 Å². The third-order valence-corrected chi connectivity index (χ3v) is 6.32. The van der Waals surface area contributed by atoms with Gasteiger partial charge in [0.2, 0.25) is 0 Å². The molecule has 0 aliphatic carbocycles. The smallest absolute Gasteiger partial charge is 0.282 e. The molecule has 0 aliphatic rings. The maximum Gasteiger partial charge on any atom is 0.282 e. The average molecular weight is 411 g/mol. The molecule has 0 amide bonds. The van der Waals surface area contributed by atoms with Crippen LogP contribution in [0.15, 0.2) is 46.6 Å². The first kappa shape index (κ1) is 18.7. The molecule has 5 nitrogen and oxygen atoms in total. The minimum absolute atomic E-state index is 0.144. The van der Waals surface area contributed by atoms with E-state index in [1.54, 1.807) is 6.21 Å². The fourth-order valence-corrected chi connectivity index (χ4v) is 4.45. The predicted octanol–water partition coefficient (Wildman–Crippen LogP) is 5.02. The normalized spacial score (nSPS) is 11.8. The van der Waals surface area contributed by atoms with Crippen LogP contribution in [0, 0.1) is 27.7 Å². The molecule has 142 valence electrons. The summed E-state index contributed by atoms with van der Waals surface area (Å²) in [5.41, 5.74) is 4.92. The summed E-state index contributed by atoms with van der Waals surface area (Å²) in [7, 11) is 0. The molecule has 3 heterocycles. The molecule has 3 aromatic heterocycles. The Kier molecular flexibility index (Phi) is 4.69. The molecular formula is C21H19ClN4OS. The van der Waals surface area contributed by atoms with Crippen LogP contribution in [0.2, 0.25) is 5.02 Å². The molecule has 0 radical (unpaired) electrons. The molecule has 0 unspecified atom stereocenters. The van der Waals surface area contributed by atoms with Crippen LogP contribution in [0.1, 0.15) is 27.4 Å². The van der Waals surface area contributed by atoms with Gasteiger partial charge in [0.15, 0.2) is 0 Å². The Bertz CT molecular complexity index is 1280. The van der Waals surface area contributed by atoms with E-state index >= 15 is 0 Å². The molecule has 0 N–H and O–H groups in total. The summed E-state index contributed by atoms with van der Waals surface area (Å²) in [6.45, 7) is 8.02. The molecule has 0 saturated heterocycles. The van der Waals surface area contributed by atoms with Gasteiger partial charge in [-0.3, -0.25) is 4.79 Å². The monoisotopic (exact) mass is 410 g/mol. The molecule has 4 rings (SSSR count). The van der Waals surface area contributed by atoms with Crippen LogP contribution in [0.3, 0.4) is 0 Å². The summed E-state index contributed by atoms with van der Waals surface area (Å²) < 4.78 is 3.43. The van der Waals surface area contributed by atoms with Crippen molar-refractivity contribution in [1.29, 1.82) is 0 Å². The molecule has 0 bridgehead atoms. The highest BCUT2D eigenvalue weighted by molar-refractivity contribution is 7.18. The molecule has 0 saturated carbocycles. The van der Waals surface area contributed by atoms with E-state index < -0.39 is 0 Å². The minimum atomic E-state index is -0.144. The molecule has 1 aromatic carbocycles. The molecule has 4 aromatic rings. The van der Waals surface area contributed by atoms with E-state index in [4.69, 9.17) is 11.6 Å². The number of nitrogens with zero attached hydrogens (tertiary/aromatic N) is 4. The molecule has 0 aliphatic heterocycles. The lowest BCUT2D eigenvalue weighted by Crippen LogP contribution is -2.17.